The number of carbonyl (C=O) groups is 8. The molecule has 1 unspecified atom stereocenters. The molecular formula is C44H58ClN5O11S2. The fraction of sp³-hybridized carbons (Fsp3) is 0.591. The largest absolute Gasteiger partial charge is 0.450 e. The van der Waals surface area contributed by atoms with Gasteiger partial charge in [-0.1, -0.05) is 91.3 Å². The number of aliphatic hydroxyl groups excluding tert-OH is 1. The first-order valence-electron chi connectivity index (χ1n) is 21.1. The third kappa shape index (κ3) is 10.5. The van der Waals surface area contributed by atoms with Crippen LogP contribution in [0.2, 0.25) is 0 Å². The third-order valence-corrected chi connectivity index (χ3v) is 15.9. The zero-order valence-electron chi connectivity index (χ0n) is 36.2. The molecule has 63 heavy (non-hydrogen) atoms. The Hall–Kier alpha value is -4.23. The highest BCUT2D eigenvalue weighted by Gasteiger charge is 2.76. The van der Waals surface area contributed by atoms with Crippen molar-refractivity contribution in [3.05, 3.63) is 59.7 Å². The zero-order valence-corrected chi connectivity index (χ0v) is 38.6. The molecule has 4 aliphatic carbocycles. The Labute approximate surface area is 380 Å². The van der Waals surface area contributed by atoms with Gasteiger partial charge in [0, 0.05) is 29.6 Å². The third-order valence-electron chi connectivity index (χ3n) is 13.3. The van der Waals surface area contributed by atoms with Crippen LogP contribution in [0.25, 0.3) is 0 Å². The molecule has 0 heterocycles. The number of halogens is 1. The van der Waals surface area contributed by atoms with Gasteiger partial charge in [-0.25, -0.2) is 0 Å². The van der Waals surface area contributed by atoms with Crippen molar-refractivity contribution in [1.82, 2.24) is 26.6 Å². The predicted octanol–water partition coefficient (Wildman–Crippen LogP) is 2.31. The van der Waals surface area contributed by atoms with E-state index in [0.717, 1.165) is 11.1 Å². The van der Waals surface area contributed by atoms with Crippen LogP contribution in [0.1, 0.15) is 65.4 Å². The summed E-state index contributed by atoms with van der Waals surface area (Å²) in [6.07, 6.45) is 7.34. The summed E-state index contributed by atoms with van der Waals surface area (Å²) in [6, 6.07) is 7.74. The zero-order chi connectivity index (χ0) is 46.2. The van der Waals surface area contributed by atoms with Crippen LogP contribution < -0.4 is 26.6 Å². The summed E-state index contributed by atoms with van der Waals surface area (Å²) in [6.45, 7) is 5.05. The van der Waals surface area contributed by atoms with Crippen molar-refractivity contribution in [3.8, 4) is 0 Å². The number of ether oxygens (including phenoxy) is 2. The summed E-state index contributed by atoms with van der Waals surface area (Å²) in [5.74, 6) is -5.01. The maximum atomic E-state index is 14.5. The lowest BCUT2D eigenvalue weighted by atomic mass is 9.45. The number of hydrogen-bond donors (Lipinski definition) is 6. The molecule has 1 aromatic rings. The fourth-order valence-electron chi connectivity index (χ4n) is 10.3. The molecule has 16 nitrogen and oxygen atoms in total. The maximum Gasteiger partial charge on any atom is 0.306 e. The SMILES string of the molecule is CCC(=O)O[C@]1(C(=O)COCNC(=O)CNC(=O)[C@H](Cc2ccccc2)NC(=O)CNC(=O)CNC(=O)CSSC)[C@@H](C)CC2[C@@H]3CCC4=CC(=O)C=C[C@]4(C)[C@@]3(Cl)[C@@H](O)C[C@@]21C. The summed E-state index contributed by atoms with van der Waals surface area (Å²) < 4.78 is 11.9. The Morgan fingerprint density at radius 3 is 2.30 bits per heavy atom. The number of rotatable bonds is 20. The van der Waals surface area contributed by atoms with Crippen LogP contribution in [0.3, 0.4) is 0 Å². The monoisotopic (exact) mass is 931 g/mol. The van der Waals surface area contributed by atoms with Crippen molar-refractivity contribution in [2.24, 2.45) is 28.6 Å². The maximum absolute atomic E-state index is 14.5. The van der Waals surface area contributed by atoms with E-state index >= 15 is 0 Å². The molecule has 1 aromatic carbocycles. The molecule has 5 rings (SSSR count). The number of fused-ring (bicyclic) bond motifs is 5. The van der Waals surface area contributed by atoms with Crippen LogP contribution in [-0.4, -0.2) is 120 Å². The first-order chi connectivity index (χ1) is 29.9. The van der Waals surface area contributed by atoms with Crippen molar-refractivity contribution in [1.29, 1.82) is 0 Å². The highest BCUT2D eigenvalue weighted by atomic mass is 35.5. The number of carbonyl (C=O) groups excluding carboxylic acids is 8. The molecule has 6 N–H and O–H groups in total. The molecule has 5 amide bonds. The molecule has 19 heteroatoms. The minimum absolute atomic E-state index is 0.00702. The smallest absolute Gasteiger partial charge is 0.306 e. The van der Waals surface area contributed by atoms with Gasteiger partial charge in [0.05, 0.1) is 36.4 Å². The van der Waals surface area contributed by atoms with Gasteiger partial charge in [-0.15, -0.1) is 11.6 Å². The van der Waals surface area contributed by atoms with Crippen LogP contribution in [0.5, 0.6) is 0 Å². The minimum atomic E-state index is -1.68. The molecule has 344 valence electrons. The lowest BCUT2D eigenvalue weighted by Crippen LogP contribution is -2.69. The molecule has 0 spiro atoms. The molecule has 0 aliphatic heterocycles. The normalized spacial score (nSPS) is 29.7. The molecule has 0 aromatic heterocycles. The Morgan fingerprint density at radius 1 is 0.937 bits per heavy atom. The van der Waals surface area contributed by atoms with Crippen LogP contribution >= 0.6 is 33.2 Å². The number of aliphatic hydroxyl groups is 1. The van der Waals surface area contributed by atoms with Crippen molar-refractivity contribution in [3.63, 3.8) is 0 Å². The molecule has 0 saturated heterocycles. The molecule has 3 saturated carbocycles. The van der Waals surface area contributed by atoms with Crippen molar-refractivity contribution in [2.45, 2.75) is 88.8 Å². The number of hydrogen-bond acceptors (Lipinski definition) is 13. The summed E-state index contributed by atoms with van der Waals surface area (Å²) in [5, 5.41) is 24.5. The molecule has 9 atom stereocenters. The van der Waals surface area contributed by atoms with Crippen molar-refractivity contribution < 1.29 is 52.9 Å². The van der Waals surface area contributed by atoms with E-state index in [0.29, 0.717) is 19.3 Å². The van der Waals surface area contributed by atoms with E-state index in [1.54, 1.807) is 49.4 Å². The second kappa shape index (κ2) is 21.2. The van der Waals surface area contributed by atoms with E-state index in [2.05, 4.69) is 26.6 Å². The summed E-state index contributed by atoms with van der Waals surface area (Å²) >= 11 is 7.60. The molecular weight excluding hydrogens is 874 g/mol. The number of nitrogens with one attached hydrogen (secondary N) is 5. The number of allylic oxidation sites excluding steroid dienone is 4. The number of ketones is 2. The summed E-state index contributed by atoms with van der Waals surface area (Å²) in [7, 11) is 2.73. The average molecular weight is 933 g/mol. The van der Waals surface area contributed by atoms with Gasteiger partial charge in [-0.05, 0) is 61.5 Å². The van der Waals surface area contributed by atoms with Gasteiger partial charge in [-0.2, -0.15) is 0 Å². The van der Waals surface area contributed by atoms with Gasteiger partial charge in [0.25, 0.3) is 0 Å². The fourth-order valence-corrected chi connectivity index (χ4v) is 11.8. The van der Waals surface area contributed by atoms with E-state index in [-0.39, 0.29) is 55.1 Å². The number of alkyl halides is 1. The first-order valence-corrected chi connectivity index (χ1v) is 24.2. The quantitative estimate of drug-likeness (QED) is 0.0363. The first kappa shape index (κ1) is 49.8. The Bertz CT molecular complexity index is 2010. The van der Waals surface area contributed by atoms with E-state index in [1.807, 2.05) is 27.0 Å². The summed E-state index contributed by atoms with van der Waals surface area (Å²) in [4.78, 5) is 102. The molecule has 0 bridgehead atoms. The highest BCUT2D eigenvalue weighted by Crippen LogP contribution is 2.72. The number of esters is 1. The lowest BCUT2D eigenvalue weighted by Gasteiger charge is -2.64. The van der Waals surface area contributed by atoms with Crippen LogP contribution in [0.15, 0.2) is 54.1 Å². The highest BCUT2D eigenvalue weighted by molar-refractivity contribution is 8.76. The standard InChI is InChI=1S/C44H58ClN5O11S2/c1-6-39(58)61-44(26(2)16-31-30-13-12-28-18-29(51)14-15-41(28,3)43(30,45)33(52)19-42(31,44)4)34(53)23-60-25-49-36(55)21-48-40(59)32(17-27-10-8-7-9-11-27)50-37(56)22-46-35(54)20-47-38(57)24-63-62-5/h7-11,14-15,18,26,30-33,52H,6,12-13,16-17,19-25H2,1-5H3,(H,46,54)(H,47,57)(H,48,59)(H,49,55)(H,50,56)/t26-,30-,31?,32-,33-,41-,42-,43-,44-/m0/s1. The Balaban J connectivity index is 1.17. The van der Waals surface area contributed by atoms with Crippen molar-refractivity contribution >= 4 is 80.3 Å². The molecule has 3 fully saturated rings. The van der Waals surface area contributed by atoms with Crippen LogP contribution in [0, 0.1) is 28.6 Å². The van der Waals surface area contributed by atoms with Gasteiger partial charge in [0.1, 0.15) is 19.4 Å². The lowest BCUT2D eigenvalue weighted by molar-refractivity contribution is -0.203. The van der Waals surface area contributed by atoms with Gasteiger partial charge in [0.15, 0.2) is 11.4 Å². The number of amides is 5. The predicted molar refractivity (Wildman–Crippen MR) is 238 cm³/mol. The van der Waals surface area contributed by atoms with E-state index in [4.69, 9.17) is 21.1 Å². The number of benzene rings is 1. The van der Waals surface area contributed by atoms with Gasteiger partial charge >= 0.3 is 5.97 Å². The molecule has 4 aliphatic rings. The summed E-state index contributed by atoms with van der Waals surface area (Å²) in [5.41, 5.74) is -1.95. The van der Waals surface area contributed by atoms with E-state index in [1.165, 1.54) is 27.7 Å². The van der Waals surface area contributed by atoms with Gasteiger partial charge in [-0.3, -0.25) is 38.4 Å². The van der Waals surface area contributed by atoms with Crippen LogP contribution in [-0.2, 0) is 54.3 Å². The Morgan fingerprint density at radius 2 is 1.60 bits per heavy atom. The second-order valence-electron chi connectivity index (χ2n) is 17.0. The van der Waals surface area contributed by atoms with E-state index in [9.17, 15) is 43.5 Å². The Kier molecular flexibility index (Phi) is 16.7. The molecule has 0 radical (unpaired) electrons. The van der Waals surface area contributed by atoms with E-state index < -0.39 is 101 Å². The number of Topliss-reactive ketones (excluding diaryl/α,β-unsaturated/α-hetero) is 1. The van der Waals surface area contributed by atoms with Gasteiger partial charge in [0.2, 0.25) is 35.3 Å². The van der Waals surface area contributed by atoms with Crippen LogP contribution in [0.4, 0.5) is 0 Å². The average Bonchev–Trinajstić information content (AvgIpc) is 3.47. The second-order valence-corrected chi connectivity index (χ2v) is 20.2. The topological polar surface area (TPSA) is 235 Å². The minimum Gasteiger partial charge on any atom is -0.450 e. The van der Waals surface area contributed by atoms with Crippen molar-refractivity contribution in [2.75, 3.05) is 45.0 Å². The van der Waals surface area contributed by atoms with Gasteiger partial charge < -0.3 is 41.2 Å².